The highest BCUT2D eigenvalue weighted by atomic mass is 16.2. The van der Waals surface area contributed by atoms with Crippen molar-refractivity contribution >= 4 is 22.5 Å². The zero-order valence-corrected chi connectivity index (χ0v) is 16.9. The highest BCUT2D eigenvalue weighted by Gasteiger charge is 2.16. The van der Waals surface area contributed by atoms with Gasteiger partial charge in [0, 0.05) is 24.0 Å². The van der Waals surface area contributed by atoms with E-state index in [9.17, 15) is 4.79 Å². The molecular weight excluding hydrogens is 402 g/mol. The molecular formula is C24H17N7O. The summed E-state index contributed by atoms with van der Waals surface area (Å²) in [5.41, 5.74) is 5.26. The molecule has 0 aliphatic rings. The lowest BCUT2D eigenvalue weighted by Gasteiger charge is -2.03. The van der Waals surface area contributed by atoms with Crippen molar-refractivity contribution < 1.29 is 4.79 Å². The van der Waals surface area contributed by atoms with Crippen LogP contribution in [0.4, 0.5) is 5.69 Å². The number of fused-ring (bicyclic) bond motifs is 1. The lowest BCUT2D eigenvalue weighted by Crippen LogP contribution is -2.12. The van der Waals surface area contributed by atoms with Crippen LogP contribution in [0.25, 0.3) is 22.0 Å². The molecule has 0 saturated carbocycles. The maximum Gasteiger partial charge on any atom is 0.276 e. The summed E-state index contributed by atoms with van der Waals surface area (Å²) in [5.74, 6) is -0.320. The second-order valence-electron chi connectivity index (χ2n) is 7.26. The van der Waals surface area contributed by atoms with Crippen molar-refractivity contribution in [1.29, 1.82) is 5.26 Å². The molecule has 5 rings (SSSR count). The molecule has 0 atom stereocenters. The Kier molecular flexibility index (Phi) is 4.90. The number of anilines is 1. The fourth-order valence-electron chi connectivity index (χ4n) is 3.55. The van der Waals surface area contributed by atoms with Gasteiger partial charge in [-0.25, -0.2) is 0 Å². The number of amides is 1. The van der Waals surface area contributed by atoms with Gasteiger partial charge < -0.3 is 5.32 Å². The topological polar surface area (TPSA) is 112 Å². The van der Waals surface area contributed by atoms with E-state index in [1.54, 1.807) is 35.5 Å². The van der Waals surface area contributed by atoms with Crippen molar-refractivity contribution in [2.45, 2.75) is 6.54 Å². The first-order chi connectivity index (χ1) is 15.7. The summed E-state index contributed by atoms with van der Waals surface area (Å²) in [6, 6.07) is 19.1. The van der Waals surface area contributed by atoms with Crippen LogP contribution >= 0.6 is 0 Å². The fourth-order valence-corrected chi connectivity index (χ4v) is 3.55. The normalized spacial score (nSPS) is 10.7. The van der Waals surface area contributed by atoms with Crippen LogP contribution in [-0.4, -0.2) is 30.9 Å². The fraction of sp³-hybridized carbons (Fsp3) is 0.0417. The van der Waals surface area contributed by atoms with Crippen molar-refractivity contribution in [3.8, 4) is 17.2 Å². The molecule has 1 amide bonds. The molecule has 0 spiro atoms. The molecule has 0 aliphatic heterocycles. The van der Waals surface area contributed by atoms with Gasteiger partial charge in [0.05, 0.1) is 35.6 Å². The van der Waals surface area contributed by atoms with Gasteiger partial charge in [-0.05, 0) is 53.1 Å². The number of benzene rings is 2. The van der Waals surface area contributed by atoms with E-state index in [0.717, 1.165) is 27.6 Å². The zero-order chi connectivity index (χ0) is 21.9. The summed E-state index contributed by atoms with van der Waals surface area (Å²) in [5, 5.41) is 24.1. The van der Waals surface area contributed by atoms with Crippen LogP contribution in [0.1, 0.15) is 21.6 Å². The first-order valence-corrected chi connectivity index (χ1v) is 9.91. The van der Waals surface area contributed by atoms with E-state index in [0.29, 0.717) is 23.5 Å². The van der Waals surface area contributed by atoms with E-state index < -0.39 is 0 Å². The van der Waals surface area contributed by atoms with Gasteiger partial charge in [-0.1, -0.05) is 18.2 Å². The van der Waals surface area contributed by atoms with Crippen molar-refractivity contribution in [2.75, 3.05) is 5.32 Å². The summed E-state index contributed by atoms with van der Waals surface area (Å²) in [4.78, 5) is 16.9. The van der Waals surface area contributed by atoms with Crippen LogP contribution in [0.15, 0.2) is 79.4 Å². The highest BCUT2D eigenvalue weighted by molar-refractivity contribution is 6.11. The number of aromatic nitrogens is 5. The number of hydrogen-bond donors (Lipinski definition) is 2. The summed E-state index contributed by atoms with van der Waals surface area (Å²) in [7, 11) is 0. The van der Waals surface area contributed by atoms with Gasteiger partial charge in [0.2, 0.25) is 0 Å². The SMILES string of the molecule is N#Cc1cccc(Cn2cc(NC(=O)c3n[nH]c4cc(-c5ccncc5)ccc34)cn2)c1. The van der Waals surface area contributed by atoms with E-state index in [4.69, 9.17) is 5.26 Å². The monoisotopic (exact) mass is 419 g/mol. The van der Waals surface area contributed by atoms with Crippen LogP contribution in [-0.2, 0) is 6.54 Å². The lowest BCUT2D eigenvalue weighted by atomic mass is 10.0. The number of nitrogens with one attached hydrogen (secondary N) is 2. The Morgan fingerprint density at radius 1 is 1.09 bits per heavy atom. The van der Waals surface area contributed by atoms with E-state index in [2.05, 4.69) is 31.7 Å². The molecule has 3 heterocycles. The molecule has 0 saturated heterocycles. The quantitative estimate of drug-likeness (QED) is 0.447. The van der Waals surface area contributed by atoms with Gasteiger partial charge in [0.1, 0.15) is 0 Å². The molecule has 154 valence electrons. The number of hydrogen-bond acceptors (Lipinski definition) is 5. The molecule has 5 aromatic rings. The van der Waals surface area contributed by atoms with E-state index in [1.807, 2.05) is 48.5 Å². The van der Waals surface area contributed by atoms with Crippen LogP contribution in [0, 0.1) is 11.3 Å². The number of carbonyl (C=O) groups excluding carboxylic acids is 1. The van der Waals surface area contributed by atoms with Crippen LogP contribution < -0.4 is 5.32 Å². The van der Waals surface area contributed by atoms with Gasteiger partial charge in [-0.2, -0.15) is 15.5 Å². The molecule has 0 radical (unpaired) electrons. The Hall–Kier alpha value is -4.77. The Balaban J connectivity index is 1.32. The van der Waals surface area contributed by atoms with Crippen molar-refractivity contribution in [3.63, 3.8) is 0 Å². The highest BCUT2D eigenvalue weighted by Crippen LogP contribution is 2.25. The second kappa shape index (κ2) is 8.16. The predicted octanol–water partition coefficient (Wildman–Crippen LogP) is 3.99. The molecule has 0 unspecified atom stereocenters. The van der Waals surface area contributed by atoms with E-state index in [-0.39, 0.29) is 5.91 Å². The Bertz CT molecular complexity index is 1460. The summed E-state index contributed by atoms with van der Waals surface area (Å²) >= 11 is 0. The predicted molar refractivity (Wildman–Crippen MR) is 120 cm³/mol. The molecule has 2 aromatic carbocycles. The molecule has 0 bridgehead atoms. The molecule has 8 nitrogen and oxygen atoms in total. The van der Waals surface area contributed by atoms with Crippen LogP contribution in [0.3, 0.4) is 0 Å². The minimum atomic E-state index is -0.320. The van der Waals surface area contributed by atoms with Gasteiger partial charge in [0.25, 0.3) is 5.91 Å². The van der Waals surface area contributed by atoms with Gasteiger partial charge in [-0.15, -0.1) is 0 Å². The molecule has 8 heteroatoms. The second-order valence-corrected chi connectivity index (χ2v) is 7.26. The summed E-state index contributed by atoms with van der Waals surface area (Å²) in [6.07, 6.45) is 6.81. The maximum atomic E-state index is 12.8. The van der Waals surface area contributed by atoms with E-state index in [1.165, 1.54) is 0 Å². The average molecular weight is 419 g/mol. The summed E-state index contributed by atoms with van der Waals surface area (Å²) < 4.78 is 1.70. The standard InChI is InChI=1S/C24H17N7O/c25-12-16-2-1-3-17(10-16)14-31-15-20(13-27-31)28-24(32)23-21-5-4-19(11-22(21)29-30-23)18-6-8-26-9-7-18/h1-11,13,15H,14H2,(H,28,32)(H,29,30). The molecule has 0 aliphatic carbocycles. The molecule has 0 fully saturated rings. The number of carbonyl (C=O) groups is 1. The number of aromatic amines is 1. The first-order valence-electron chi connectivity index (χ1n) is 9.91. The minimum Gasteiger partial charge on any atom is -0.318 e. The summed E-state index contributed by atoms with van der Waals surface area (Å²) in [6.45, 7) is 0.495. The zero-order valence-electron chi connectivity index (χ0n) is 16.9. The average Bonchev–Trinajstić information content (AvgIpc) is 3.46. The van der Waals surface area contributed by atoms with Gasteiger partial charge >= 0.3 is 0 Å². The third kappa shape index (κ3) is 3.82. The van der Waals surface area contributed by atoms with Crippen molar-refractivity contribution in [2.24, 2.45) is 0 Å². The Labute approximate surface area is 183 Å². The largest absolute Gasteiger partial charge is 0.318 e. The molecule has 2 N–H and O–H groups in total. The third-order valence-electron chi connectivity index (χ3n) is 5.08. The van der Waals surface area contributed by atoms with Crippen molar-refractivity contribution in [1.82, 2.24) is 25.0 Å². The lowest BCUT2D eigenvalue weighted by molar-refractivity contribution is 0.102. The van der Waals surface area contributed by atoms with Crippen LogP contribution in [0.2, 0.25) is 0 Å². The van der Waals surface area contributed by atoms with E-state index >= 15 is 0 Å². The number of nitriles is 1. The molecule has 32 heavy (non-hydrogen) atoms. The van der Waals surface area contributed by atoms with Crippen LogP contribution in [0.5, 0.6) is 0 Å². The number of H-pyrrole nitrogens is 1. The number of nitrogens with zero attached hydrogens (tertiary/aromatic N) is 5. The Morgan fingerprint density at radius 2 is 1.97 bits per heavy atom. The first kappa shape index (κ1) is 19.2. The maximum absolute atomic E-state index is 12.8. The smallest absolute Gasteiger partial charge is 0.276 e. The van der Waals surface area contributed by atoms with Crippen molar-refractivity contribution in [3.05, 3.63) is 96.2 Å². The minimum absolute atomic E-state index is 0.316. The number of rotatable bonds is 5. The third-order valence-corrected chi connectivity index (χ3v) is 5.08. The molecule has 3 aromatic heterocycles. The Morgan fingerprint density at radius 3 is 2.81 bits per heavy atom. The van der Waals surface area contributed by atoms with Gasteiger partial charge in [0.15, 0.2) is 5.69 Å². The number of pyridine rings is 1. The van der Waals surface area contributed by atoms with Gasteiger partial charge in [-0.3, -0.25) is 19.6 Å².